The summed E-state index contributed by atoms with van der Waals surface area (Å²) in [4.78, 5) is 25.4. The lowest BCUT2D eigenvalue weighted by Gasteiger charge is -2.62. The maximum Gasteiger partial charge on any atom is 0.309 e. The Morgan fingerprint density at radius 3 is 2.54 bits per heavy atom. The first-order chi connectivity index (χ1) is 12.2. The van der Waals surface area contributed by atoms with Crippen LogP contribution in [-0.2, 0) is 14.3 Å². The van der Waals surface area contributed by atoms with Gasteiger partial charge in [0.15, 0.2) is 5.78 Å². The van der Waals surface area contributed by atoms with E-state index in [0.717, 1.165) is 25.7 Å². The number of ether oxygens (including phenoxy) is 1. The zero-order valence-corrected chi connectivity index (χ0v) is 16.2. The molecule has 8 atom stereocenters. The third-order valence-corrected chi connectivity index (χ3v) is 9.10. The molecule has 4 aliphatic carbocycles. The summed E-state index contributed by atoms with van der Waals surface area (Å²) in [6.07, 6.45) is 5.01. The summed E-state index contributed by atoms with van der Waals surface area (Å²) in [6, 6.07) is 0. The van der Waals surface area contributed by atoms with Crippen LogP contribution in [-0.4, -0.2) is 40.8 Å². The highest BCUT2D eigenvalue weighted by Gasteiger charge is 2.68. The minimum absolute atomic E-state index is 0.0738. The van der Waals surface area contributed by atoms with Gasteiger partial charge in [0.25, 0.3) is 0 Å². The van der Waals surface area contributed by atoms with Crippen LogP contribution < -0.4 is 0 Å². The van der Waals surface area contributed by atoms with Crippen LogP contribution in [0.5, 0.6) is 0 Å². The quantitative estimate of drug-likeness (QED) is 0.699. The van der Waals surface area contributed by atoms with Gasteiger partial charge in [-0.1, -0.05) is 13.8 Å². The summed E-state index contributed by atoms with van der Waals surface area (Å²) in [5.41, 5.74) is -1.95. The van der Waals surface area contributed by atoms with Crippen LogP contribution in [0.1, 0.15) is 65.2 Å². The number of carbonyl (C=O) groups is 2. The van der Waals surface area contributed by atoms with E-state index < -0.39 is 17.1 Å². The third-order valence-electron chi connectivity index (χ3n) is 9.10. The molecule has 0 aromatic carbocycles. The second-order valence-electron chi connectivity index (χ2n) is 9.88. The summed E-state index contributed by atoms with van der Waals surface area (Å²) in [5.74, 6) is 0.575. The van der Waals surface area contributed by atoms with Crippen LogP contribution in [0.3, 0.4) is 0 Å². The van der Waals surface area contributed by atoms with Gasteiger partial charge in [-0.2, -0.15) is 0 Å². The SMILES string of the molecule is COC(=O)C1CC[C@H]2[C@@H]3CC(=O)C4(O)CC(O)CC[C@]4(C)[C@@H]3CC[C@]12C. The second-order valence-corrected chi connectivity index (χ2v) is 9.88. The largest absolute Gasteiger partial charge is 0.469 e. The molecule has 3 unspecified atom stereocenters. The van der Waals surface area contributed by atoms with E-state index in [1.54, 1.807) is 0 Å². The fourth-order valence-electron chi connectivity index (χ4n) is 7.55. The van der Waals surface area contributed by atoms with E-state index in [1.165, 1.54) is 7.11 Å². The average Bonchev–Trinajstić information content (AvgIpc) is 2.94. The fourth-order valence-corrected chi connectivity index (χ4v) is 7.55. The van der Waals surface area contributed by atoms with Gasteiger partial charge in [-0.25, -0.2) is 0 Å². The Morgan fingerprint density at radius 1 is 1.12 bits per heavy atom. The highest BCUT2D eigenvalue weighted by molar-refractivity contribution is 5.89. The Kier molecular flexibility index (Phi) is 4.09. The highest BCUT2D eigenvalue weighted by atomic mass is 16.5. The molecule has 5 heteroatoms. The molecule has 4 aliphatic rings. The first-order valence-corrected chi connectivity index (χ1v) is 10.2. The summed E-state index contributed by atoms with van der Waals surface area (Å²) >= 11 is 0. The van der Waals surface area contributed by atoms with Gasteiger partial charge in [-0.3, -0.25) is 9.59 Å². The van der Waals surface area contributed by atoms with Crippen molar-refractivity contribution in [3.05, 3.63) is 0 Å². The molecule has 0 saturated heterocycles. The maximum absolute atomic E-state index is 13.1. The second kappa shape index (κ2) is 5.78. The van der Waals surface area contributed by atoms with E-state index in [2.05, 4.69) is 13.8 Å². The maximum atomic E-state index is 13.1. The predicted octanol–water partition coefficient (Wildman–Crippen LogP) is 2.47. The number of aliphatic hydroxyl groups is 2. The number of hydrogen-bond acceptors (Lipinski definition) is 5. The van der Waals surface area contributed by atoms with Crippen molar-refractivity contribution in [3.63, 3.8) is 0 Å². The Bertz CT molecular complexity index is 632. The van der Waals surface area contributed by atoms with Crippen molar-refractivity contribution in [1.29, 1.82) is 0 Å². The number of methoxy groups -OCH3 is 1. The number of carbonyl (C=O) groups excluding carboxylic acids is 2. The minimum Gasteiger partial charge on any atom is -0.469 e. The van der Waals surface area contributed by atoms with Gasteiger partial charge < -0.3 is 14.9 Å². The van der Waals surface area contributed by atoms with Crippen LogP contribution in [0.2, 0.25) is 0 Å². The molecule has 0 aromatic heterocycles. The van der Waals surface area contributed by atoms with Crippen LogP contribution in [0.15, 0.2) is 0 Å². The van der Waals surface area contributed by atoms with E-state index >= 15 is 0 Å². The third kappa shape index (κ3) is 2.16. The molecule has 0 bridgehead atoms. The van der Waals surface area contributed by atoms with E-state index in [-0.39, 0.29) is 41.3 Å². The Labute approximate surface area is 155 Å². The van der Waals surface area contributed by atoms with Crippen molar-refractivity contribution in [2.45, 2.75) is 76.9 Å². The number of fused-ring (bicyclic) bond motifs is 5. The molecule has 4 saturated carbocycles. The smallest absolute Gasteiger partial charge is 0.309 e. The first kappa shape index (κ1) is 18.4. The summed E-state index contributed by atoms with van der Waals surface area (Å²) in [5, 5.41) is 21.4. The number of esters is 1. The molecule has 0 heterocycles. The average molecular weight is 364 g/mol. The molecule has 146 valence electrons. The monoisotopic (exact) mass is 364 g/mol. The molecule has 5 nitrogen and oxygen atoms in total. The number of ketones is 1. The molecule has 26 heavy (non-hydrogen) atoms. The lowest BCUT2D eigenvalue weighted by atomic mass is 9.43. The highest BCUT2D eigenvalue weighted by Crippen LogP contribution is 2.67. The zero-order valence-electron chi connectivity index (χ0n) is 16.2. The van der Waals surface area contributed by atoms with Crippen LogP contribution in [0, 0.1) is 34.5 Å². The van der Waals surface area contributed by atoms with Gasteiger partial charge in [-0.05, 0) is 61.7 Å². The minimum atomic E-state index is -1.39. The van der Waals surface area contributed by atoms with Crippen LogP contribution in [0.25, 0.3) is 0 Å². The lowest BCUT2D eigenvalue weighted by Crippen LogP contribution is -2.67. The van der Waals surface area contributed by atoms with E-state index in [9.17, 15) is 19.8 Å². The first-order valence-electron chi connectivity index (χ1n) is 10.2. The number of hydrogen-bond donors (Lipinski definition) is 2. The summed E-state index contributed by atoms with van der Waals surface area (Å²) < 4.78 is 5.07. The topological polar surface area (TPSA) is 83.8 Å². The molecule has 0 amide bonds. The fraction of sp³-hybridized carbons (Fsp3) is 0.905. The molecular weight excluding hydrogens is 332 g/mol. The number of rotatable bonds is 1. The lowest BCUT2D eigenvalue weighted by molar-refractivity contribution is -0.213. The van der Waals surface area contributed by atoms with Crippen molar-refractivity contribution in [3.8, 4) is 0 Å². The zero-order chi connectivity index (χ0) is 18.9. The van der Waals surface area contributed by atoms with E-state index in [1.807, 2.05) is 0 Å². The van der Waals surface area contributed by atoms with Gasteiger partial charge in [-0.15, -0.1) is 0 Å². The van der Waals surface area contributed by atoms with Gasteiger partial charge in [0.05, 0.1) is 19.1 Å². The Morgan fingerprint density at radius 2 is 1.85 bits per heavy atom. The molecule has 0 aromatic rings. The molecule has 0 radical (unpaired) electrons. The van der Waals surface area contributed by atoms with Gasteiger partial charge >= 0.3 is 5.97 Å². The van der Waals surface area contributed by atoms with Crippen molar-refractivity contribution in [2.75, 3.05) is 7.11 Å². The van der Waals surface area contributed by atoms with Crippen molar-refractivity contribution in [1.82, 2.24) is 0 Å². The summed E-state index contributed by atoms with van der Waals surface area (Å²) in [7, 11) is 1.46. The normalized spacial score (nSPS) is 53.4. The molecular formula is C21H32O5. The molecule has 2 N–H and O–H groups in total. The molecule has 4 fully saturated rings. The predicted molar refractivity (Wildman–Crippen MR) is 95.1 cm³/mol. The van der Waals surface area contributed by atoms with Gasteiger partial charge in [0.2, 0.25) is 0 Å². The van der Waals surface area contributed by atoms with Gasteiger partial charge in [0, 0.05) is 18.3 Å². The van der Waals surface area contributed by atoms with E-state index in [0.29, 0.717) is 25.2 Å². The van der Waals surface area contributed by atoms with Crippen LogP contribution in [0.4, 0.5) is 0 Å². The van der Waals surface area contributed by atoms with Gasteiger partial charge in [0.1, 0.15) is 5.60 Å². The van der Waals surface area contributed by atoms with Crippen LogP contribution >= 0.6 is 0 Å². The Hall–Kier alpha value is -0.940. The van der Waals surface area contributed by atoms with E-state index in [4.69, 9.17) is 4.74 Å². The van der Waals surface area contributed by atoms with Crippen molar-refractivity contribution >= 4 is 11.8 Å². The summed E-state index contributed by atoms with van der Waals surface area (Å²) in [6.45, 7) is 4.28. The molecule has 0 spiro atoms. The molecule has 4 rings (SSSR count). The number of Topliss-reactive ketones (excluding diaryl/α,β-unsaturated/α-hetero) is 1. The van der Waals surface area contributed by atoms with Crippen molar-refractivity contribution < 1.29 is 24.5 Å². The number of aliphatic hydroxyl groups excluding tert-OH is 1. The standard InChI is InChI=1S/C21H32O5/c1-19-8-7-15-13(14(19)4-5-16(19)18(24)26-3)10-17(23)21(25)11-12(22)6-9-20(15,21)2/h12-16,22,25H,4-11H2,1-3H3/t12?,13-,14-,15+,16?,19-,20+,21?/m0/s1. The molecule has 0 aliphatic heterocycles. The van der Waals surface area contributed by atoms with Crippen molar-refractivity contribution in [2.24, 2.45) is 34.5 Å². The Balaban J connectivity index is 1.69.